The number of para-hydroxylation sites is 4. The Balaban J connectivity index is 1.11. The predicted octanol–water partition coefficient (Wildman–Crippen LogP) is 14.5. The second kappa shape index (κ2) is 13.8. The van der Waals surface area contributed by atoms with Crippen molar-refractivity contribution in [1.82, 2.24) is 19.1 Å². The van der Waals surface area contributed by atoms with Crippen molar-refractivity contribution in [3.8, 4) is 56.4 Å². The molecule has 0 saturated carbocycles. The van der Waals surface area contributed by atoms with Crippen LogP contribution in [0.25, 0.3) is 111 Å². The molecule has 0 atom stereocenters. The zero-order valence-electron chi connectivity index (χ0n) is 32.6. The lowest BCUT2D eigenvalue weighted by atomic mass is 9.93. The third-order valence-electron chi connectivity index (χ3n) is 12.0. The van der Waals surface area contributed by atoms with Gasteiger partial charge in [-0.2, -0.15) is 0 Å². The molecular weight excluding hydrogens is 729 g/mol. The number of fused-ring (bicyclic) bond motifs is 7. The van der Waals surface area contributed by atoms with Crippen LogP contribution in [-0.4, -0.2) is 19.1 Å². The van der Waals surface area contributed by atoms with Gasteiger partial charge in [0.05, 0.1) is 44.8 Å². The molecular formula is C56H36N4. The van der Waals surface area contributed by atoms with Gasteiger partial charge in [0.2, 0.25) is 0 Å². The molecule has 3 aromatic heterocycles. The fourth-order valence-electron chi connectivity index (χ4n) is 9.26. The SMILES string of the molecule is c1ccc(-c2cc(-c3ccc(-c4ccc(-n5c6ccccc6c6ccccc65)c(-n5c6ccccc6c6ccccc65)c4)c4ccccc34)nc(-c3ccccc3)n2)cc1. The standard InChI is InChI=1S/C56H36N4/c1-3-17-37(18-4-1)48-36-49(58-56(57-48)38-19-5-2-6-20-38)43-33-32-40(41-21-7-8-22-42(41)43)39-31-34-54(59-50-27-13-9-23-44(50)45-24-10-14-28-51(45)59)55(35-39)60-52-29-15-11-25-46(52)47-26-12-16-30-53(47)60/h1-36H. The van der Waals surface area contributed by atoms with Crippen molar-refractivity contribution in [3.05, 3.63) is 218 Å². The van der Waals surface area contributed by atoms with Crippen molar-refractivity contribution in [2.45, 2.75) is 0 Å². The molecule has 0 aliphatic rings. The van der Waals surface area contributed by atoms with Crippen LogP contribution >= 0.6 is 0 Å². The minimum atomic E-state index is 0.705. The van der Waals surface area contributed by atoms with Crippen molar-refractivity contribution in [2.24, 2.45) is 0 Å². The summed E-state index contributed by atoms with van der Waals surface area (Å²) >= 11 is 0. The zero-order chi connectivity index (χ0) is 39.6. The number of hydrogen-bond acceptors (Lipinski definition) is 2. The van der Waals surface area contributed by atoms with E-state index in [9.17, 15) is 0 Å². The highest BCUT2D eigenvalue weighted by Crippen LogP contribution is 2.42. The van der Waals surface area contributed by atoms with E-state index in [4.69, 9.17) is 9.97 Å². The highest BCUT2D eigenvalue weighted by atomic mass is 15.1. The maximum Gasteiger partial charge on any atom is 0.160 e. The molecule has 0 aliphatic carbocycles. The molecule has 12 rings (SSSR count). The molecule has 0 aliphatic heterocycles. The topological polar surface area (TPSA) is 35.6 Å². The van der Waals surface area contributed by atoms with Crippen LogP contribution in [0.5, 0.6) is 0 Å². The molecule has 12 aromatic rings. The monoisotopic (exact) mass is 764 g/mol. The van der Waals surface area contributed by atoms with E-state index in [0.29, 0.717) is 5.82 Å². The largest absolute Gasteiger partial charge is 0.307 e. The first kappa shape index (κ1) is 34.0. The van der Waals surface area contributed by atoms with Gasteiger partial charge in [-0.1, -0.05) is 176 Å². The van der Waals surface area contributed by atoms with E-state index in [0.717, 1.165) is 61.4 Å². The van der Waals surface area contributed by atoms with Crippen LogP contribution in [0.3, 0.4) is 0 Å². The van der Waals surface area contributed by atoms with E-state index in [2.05, 4.69) is 203 Å². The van der Waals surface area contributed by atoms with E-state index < -0.39 is 0 Å². The van der Waals surface area contributed by atoms with E-state index in [1.807, 2.05) is 24.3 Å². The molecule has 3 heterocycles. The molecule has 0 radical (unpaired) electrons. The Morgan fingerprint density at radius 2 is 0.683 bits per heavy atom. The normalized spacial score (nSPS) is 11.7. The van der Waals surface area contributed by atoms with E-state index in [1.54, 1.807) is 0 Å². The molecule has 60 heavy (non-hydrogen) atoms. The van der Waals surface area contributed by atoms with Gasteiger partial charge in [-0.3, -0.25) is 0 Å². The molecule has 0 N–H and O–H groups in total. The summed E-state index contributed by atoms with van der Waals surface area (Å²) in [6, 6.07) is 78.1. The van der Waals surface area contributed by atoms with Crippen LogP contribution in [0.2, 0.25) is 0 Å². The Bertz CT molecular complexity index is 3430. The molecule has 0 spiro atoms. The van der Waals surface area contributed by atoms with Gasteiger partial charge in [0, 0.05) is 38.2 Å². The Kier molecular flexibility index (Phi) is 7.82. The number of aromatic nitrogens is 4. The first-order chi connectivity index (χ1) is 29.8. The molecule has 0 unspecified atom stereocenters. The average molecular weight is 765 g/mol. The lowest BCUT2D eigenvalue weighted by Crippen LogP contribution is -2.04. The maximum absolute atomic E-state index is 5.23. The van der Waals surface area contributed by atoms with Crippen molar-refractivity contribution >= 4 is 54.4 Å². The Morgan fingerprint density at radius 1 is 0.267 bits per heavy atom. The minimum absolute atomic E-state index is 0.705. The number of nitrogens with zero attached hydrogens (tertiary/aromatic N) is 4. The summed E-state index contributed by atoms with van der Waals surface area (Å²) in [5.74, 6) is 0.705. The molecule has 4 nitrogen and oxygen atoms in total. The van der Waals surface area contributed by atoms with E-state index in [-0.39, 0.29) is 0 Å². The molecule has 9 aromatic carbocycles. The third-order valence-corrected chi connectivity index (χ3v) is 12.0. The highest BCUT2D eigenvalue weighted by molar-refractivity contribution is 6.12. The van der Waals surface area contributed by atoms with Gasteiger partial charge in [-0.05, 0) is 64.4 Å². The number of benzene rings is 9. The Labute approximate surface area is 346 Å². The van der Waals surface area contributed by atoms with Crippen molar-refractivity contribution in [2.75, 3.05) is 0 Å². The summed E-state index contributed by atoms with van der Waals surface area (Å²) in [4.78, 5) is 10.3. The molecule has 0 bridgehead atoms. The zero-order valence-corrected chi connectivity index (χ0v) is 32.6. The first-order valence-corrected chi connectivity index (χ1v) is 20.4. The summed E-state index contributed by atoms with van der Waals surface area (Å²) in [6.07, 6.45) is 0. The summed E-state index contributed by atoms with van der Waals surface area (Å²) < 4.78 is 4.90. The average Bonchev–Trinajstić information content (AvgIpc) is 3.84. The lowest BCUT2D eigenvalue weighted by molar-refractivity contribution is 1.10. The van der Waals surface area contributed by atoms with Crippen LogP contribution in [-0.2, 0) is 0 Å². The van der Waals surface area contributed by atoms with Gasteiger partial charge >= 0.3 is 0 Å². The van der Waals surface area contributed by atoms with Crippen LogP contribution in [0.4, 0.5) is 0 Å². The Hall–Kier alpha value is -8.08. The highest BCUT2D eigenvalue weighted by Gasteiger charge is 2.21. The molecule has 4 heteroatoms. The fourth-order valence-corrected chi connectivity index (χ4v) is 9.26. The van der Waals surface area contributed by atoms with E-state index in [1.165, 1.54) is 43.6 Å². The van der Waals surface area contributed by atoms with Crippen molar-refractivity contribution in [1.29, 1.82) is 0 Å². The van der Waals surface area contributed by atoms with Crippen molar-refractivity contribution < 1.29 is 0 Å². The second-order valence-electron chi connectivity index (χ2n) is 15.3. The van der Waals surface area contributed by atoms with Gasteiger partial charge in [0.25, 0.3) is 0 Å². The maximum atomic E-state index is 5.23. The van der Waals surface area contributed by atoms with Gasteiger partial charge < -0.3 is 9.13 Å². The van der Waals surface area contributed by atoms with Gasteiger partial charge in [0.1, 0.15) is 0 Å². The van der Waals surface area contributed by atoms with Crippen LogP contribution in [0, 0.1) is 0 Å². The molecule has 0 amide bonds. The lowest BCUT2D eigenvalue weighted by Gasteiger charge is -2.19. The summed E-state index contributed by atoms with van der Waals surface area (Å²) in [7, 11) is 0. The smallest absolute Gasteiger partial charge is 0.160 e. The molecule has 0 saturated heterocycles. The summed E-state index contributed by atoms with van der Waals surface area (Å²) in [5.41, 5.74) is 14.1. The minimum Gasteiger partial charge on any atom is -0.307 e. The van der Waals surface area contributed by atoms with Crippen LogP contribution in [0.15, 0.2) is 218 Å². The Morgan fingerprint density at radius 3 is 1.23 bits per heavy atom. The van der Waals surface area contributed by atoms with E-state index >= 15 is 0 Å². The quantitative estimate of drug-likeness (QED) is 0.169. The molecule has 280 valence electrons. The number of hydrogen-bond donors (Lipinski definition) is 0. The predicted molar refractivity (Wildman–Crippen MR) is 250 cm³/mol. The number of rotatable bonds is 6. The van der Waals surface area contributed by atoms with Gasteiger partial charge in [-0.15, -0.1) is 0 Å². The van der Waals surface area contributed by atoms with Crippen LogP contribution in [0.1, 0.15) is 0 Å². The van der Waals surface area contributed by atoms with Crippen LogP contribution < -0.4 is 0 Å². The molecule has 0 fully saturated rings. The fraction of sp³-hybridized carbons (Fsp3) is 0. The third kappa shape index (κ3) is 5.39. The summed E-state index contributed by atoms with van der Waals surface area (Å²) in [5, 5.41) is 7.24. The van der Waals surface area contributed by atoms with Crippen molar-refractivity contribution in [3.63, 3.8) is 0 Å². The van der Waals surface area contributed by atoms with Gasteiger partial charge in [-0.25, -0.2) is 9.97 Å². The summed E-state index contributed by atoms with van der Waals surface area (Å²) in [6.45, 7) is 0. The van der Waals surface area contributed by atoms with Gasteiger partial charge in [0.15, 0.2) is 5.82 Å². The second-order valence-corrected chi connectivity index (χ2v) is 15.3. The first-order valence-electron chi connectivity index (χ1n) is 20.4.